The number of amides is 2. The highest BCUT2D eigenvalue weighted by Crippen LogP contribution is 2.25. The predicted octanol–water partition coefficient (Wildman–Crippen LogP) is 2.82. The summed E-state index contributed by atoms with van der Waals surface area (Å²) in [5.74, 6) is -0.379. The lowest BCUT2D eigenvalue weighted by Gasteiger charge is -2.21. The molecule has 5 heteroatoms. The smallest absolute Gasteiger partial charge is 0.261 e. The van der Waals surface area contributed by atoms with Crippen molar-refractivity contribution in [3.05, 3.63) is 33.8 Å². The lowest BCUT2D eigenvalue weighted by molar-refractivity contribution is 0.0652. The first-order valence-corrected chi connectivity index (χ1v) is 7.50. The molecule has 0 atom stereocenters. The van der Waals surface area contributed by atoms with Gasteiger partial charge in [0.1, 0.15) is 0 Å². The molecular formula is C15H19BrN2O2. The zero-order chi connectivity index (χ0) is 14.9. The molecule has 0 fully saturated rings. The topological polar surface area (TPSA) is 49.4 Å². The Morgan fingerprint density at radius 3 is 2.45 bits per heavy atom. The van der Waals surface area contributed by atoms with Crippen molar-refractivity contribution in [1.82, 2.24) is 10.2 Å². The van der Waals surface area contributed by atoms with E-state index in [1.54, 1.807) is 18.2 Å². The van der Waals surface area contributed by atoms with Gasteiger partial charge in [-0.2, -0.15) is 0 Å². The van der Waals surface area contributed by atoms with Crippen LogP contribution in [-0.4, -0.2) is 35.3 Å². The van der Waals surface area contributed by atoms with Crippen LogP contribution in [0.25, 0.3) is 0 Å². The van der Waals surface area contributed by atoms with Gasteiger partial charge in [-0.15, -0.1) is 0 Å². The van der Waals surface area contributed by atoms with E-state index in [-0.39, 0.29) is 17.4 Å². The number of rotatable bonds is 4. The molecule has 2 rings (SSSR count). The van der Waals surface area contributed by atoms with E-state index in [1.807, 2.05) is 0 Å². The molecule has 0 saturated carbocycles. The maximum absolute atomic E-state index is 12.2. The average molecular weight is 339 g/mol. The fourth-order valence-electron chi connectivity index (χ4n) is 2.17. The second-order valence-corrected chi connectivity index (χ2v) is 6.90. The third-order valence-electron chi connectivity index (χ3n) is 3.15. The Hall–Kier alpha value is -1.20. The minimum Gasteiger partial charge on any atom is -0.312 e. The molecule has 0 saturated heterocycles. The Labute approximate surface area is 127 Å². The van der Waals surface area contributed by atoms with Gasteiger partial charge in [0.2, 0.25) is 0 Å². The number of imide groups is 1. The van der Waals surface area contributed by atoms with Crippen LogP contribution in [0.15, 0.2) is 22.7 Å². The van der Waals surface area contributed by atoms with Gasteiger partial charge in [-0.1, -0.05) is 15.9 Å². The highest BCUT2D eigenvalue weighted by molar-refractivity contribution is 9.10. The largest absolute Gasteiger partial charge is 0.312 e. The fourth-order valence-corrected chi connectivity index (χ4v) is 2.53. The monoisotopic (exact) mass is 338 g/mol. The number of hydrogen-bond donors (Lipinski definition) is 1. The van der Waals surface area contributed by atoms with Gasteiger partial charge in [0.05, 0.1) is 11.1 Å². The van der Waals surface area contributed by atoms with E-state index >= 15 is 0 Å². The quantitative estimate of drug-likeness (QED) is 0.678. The second kappa shape index (κ2) is 5.66. The summed E-state index contributed by atoms with van der Waals surface area (Å²) >= 11 is 3.33. The highest BCUT2D eigenvalue weighted by Gasteiger charge is 2.34. The Morgan fingerprint density at radius 1 is 1.15 bits per heavy atom. The van der Waals surface area contributed by atoms with Crippen molar-refractivity contribution in [3.8, 4) is 0 Å². The van der Waals surface area contributed by atoms with Gasteiger partial charge in [-0.05, 0) is 51.9 Å². The first-order valence-electron chi connectivity index (χ1n) is 6.70. The molecule has 0 aromatic heterocycles. The number of fused-ring (bicyclic) bond motifs is 1. The van der Waals surface area contributed by atoms with Crippen LogP contribution in [0.3, 0.4) is 0 Å². The minimum absolute atomic E-state index is 0.0485. The fraction of sp³-hybridized carbons (Fsp3) is 0.467. The summed E-state index contributed by atoms with van der Waals surface area (Å²) in [5.41, 5.74) is 1.04. The molecule has 1 aliphatic rings. The van der Waals surface area contributed by atoms with E-state index in [9.17, 15) is 9.59 Å². The van der Waals surface area contributed by atoms with E-state index in [0.717, 1.165) is 17.4 Å². The van der Waals surface area contributed by atoms with Gasteiger partial charge in [-0.3, -0.25) is 14.5 Å². The van der Waals surface area contributed by atoms with Crippen molar-refractivity contribution in [2.24, 2.45) is 0 Å². The standard InChI is InChI=1S/C15H19BrN2O2/c1-15(2,3)17-7-4-8-18-13(19)11-6-5-10(16)9-12(11)14(18)20/h5-6,9,17H,4,7-8H2,1-3H3. The van der Waals surface area contributed by atoms with Crippen LogP contribution in [0.1, 0.15) is 47.9 Å². The number of halogens is 1. The van der Waals surface area contributed by atoms with Crippen LogP contribution < -0.4 is 5.32 Å². The molecule has 1 heterocycles. The first-order chi connectivity index (χ1) is 9.29. The molecule has 0 spiro atoms. The number of nitrogens with zero attached hydrogens (tertiary/aromatic N) is 1. The summed E-state index contributed by atoms with van der Waals surface area (Å²) in [7, 11) is 0. The Bertz CT molecular complexity index is 549. The predicted molar refractivity (Wildman–Crippen MR) is 81.9 cm³/mol. The molecule has 2 amide bonds. The molecule has 4 nitrogen and oxygen atoms in total. The normalized spacial score (nSPS) is 14.9. The molecule has 1 aromatic rings. The van der Waals surface area contributed by atoms with Gasteiger partial charge < -0.3 is 5.32 Å². The summed E-state index contributed by atoms with van der Waals surface area (Å²) in [5, 5.41) is 3.35. The highest BCUT2D eigenvalue weighted by atomic mass is 79.9. The summed E-state index contributed by atoms with van der Waals surface area (Å²) in [4.78, 5) is 25.7. The zero-order valence-electron chi connectivity index (χ0n) is 12.0. The zero-order valence-corrected chi connectivity index (χ0v) is 13.6. The van der Waals surface area contributed by atoms with Crippen LogP contribution >= 0.6 is 15.9 Å². The van der Waals surface area contributed by atoms with E-state index in [1.165, 1.54) is 4.90 Å². The first kappa shape index (κ1) is 15.2. The Morgan fingerprint density at radius 2 is 1.80 bits per heavy atom. The molecule has 20 heavy (non-hydrogen) atoms. The van der Waals surface area contributed by atoms with Gasteiger partial charge in [0.25, 0.3) is 11.8 Å². The van der Waals surface area contributed by atoms with Gasteiger partial charge in [0, 0.05) is 16.6 Å². The molecular weight excluding hydrogens is 320 g/mol. The van der Waals surface area contributed by atoms with Crippen LogP contribution in [0.4, 0.5) is 0 Å². The van der Waals surface area contributed by atoms with Crippen LogP contribution in [0.5, 0.6) is 0 Å². The molecule has 1 aliphatic heterocycles. The van der Waals surface area contributed by atoms with E-state index < -0.39 is 0 Å². The summed E-state index contributed by atoms with van der Waals surface area (Å²) in [6.07, 6.45) is 0.754. The number of carbonyl (C=O) groups excluding carboxylic acids is 2. The van der Waals surface area contributed by atoms with Gasteiger partial charge in [-0.25, -0.2) is 0 Å². The lowest BCUT2D eigenvalue weighted by atomic mass is 10.1. The van der Waals surface area contributed by atoms with Crippen molar-refractivity contribution >= 4 is 27.7 Å². The van der Waals surface area contributed by atoms with E-state index in [0.29, 0.717) is 17.7 Å². The number of nitrogens with one attached hydrogen (secondary N) is 1. The molecule has 0 unspecified atom stereocenters. The third kappa shape index (κ3) is 3.27. The van der Waals surface area contributed by atoms with Gasteiger partial charge >= 0.3 is 0 Å². The van der Waals surface area contributed by atoms with Crippen molar-refractivity contribution < 1.29 is 9.59 Å². The molecule has 1 N–H and O–H groups in total. The number of hydrogen-bond acceptors (Lipinski definition) is 3. The van der Waals surface area contributed by atoms with Crippen LogP contribution in [0, 0.1) is 0 Å². The number of carbonyl (C=O) groups is 2. The van der Waals surface area contributed by atoms with E-state index in [2.05, 4.69) is 42.0 Å². The maximum Gasteiger partial charge on any atom is 0.261 e. The van der Waals surface area contributed by atoms with Crippen molar-refractivity contribution in [2.45, 2.75) is 32.7 Å². The molecule has 0 aliphatic carbocycles. The molecule has 0 radical (unpaired) electrons. The summed E-state index contributed by atoms with van der Waals surface area (Å²) in [6, 6.07) is 5.20. The second-order valence-electron chi connectivity index (χ2n) is 5.98. The summed E-state index contributed by atoms with van der Waals surface area (Å²) in [6.45, 7) is 7.50. The van der Waals surface area contributed by atoms with Crippen molar-refractivity contribution in [1.29, 1.82) is 0 Å². The molecule has 1 aromatic carbocycles. The molecule has 108 valence electrons. The van der Waals surface area contributed by atoms with Crippen LogP contribution in [0.2, 0.25) is 0 Å². The van der Waals surface area contributed by atoms with E-state index in [4.69, 9.17) is 0 Å². The Balaban J connectivity index is 1.99. The minimum atomic E-state index is -0.193. The third-order valence-corrected chi connectivity index (χ3v) is 3.64. The summed E-state index contributed by atoms with van der Waals surface area (Å²) < 4.78 is 0.814. The molecule has 0 bridgehead atoms. The Kier molecular flexibility index (Phi) is 4.30. The van der Waals surface area contributed by atoms with Crippen molar-refractivity contribution in [3.63, 3.8) is 0 Å². The van der Waals surface area contributed by atoms with Gasteiger partial charge in [0.15, 0.2) is 0 Å². The van der Waals surface area contributed by atoms with Crippen LogP contribution in [-0.2, 0) is 0 Å². The van der Waals surface area contributed by atoms with Crippen molar-refractivity contribution in [2.75, 3.05) is 13.1 Å². The SMILES string of the molecule is CC(C)(C)NCCCN1C(=O)c2ccc(Br)cc2C1=O. The maximum atomic E-state index is 12.2. The lowest BCUT2D eigenvalue weighted by Crippen LogP contribution is -2.38. The average Bonchev–Trinajstić information content (AvgIpc) is 2.57. The number of benzene rings is 1.